The topological polar surface area (TPSA) is 79.8 Å². The largest absolute Gasteiger partial charge is 0.497 e. The predicted molar refractivity (Wildman–Crippen MR) is 96.9 cm³/mol. The number of rotatable bonds is 8. The highest BCUT2D eigenvalue weighted by Gasteiger charge is 2.22. The van der Waals surface area contributed by atoms with E-state index in [0.717, 1.165) is 13.1 Å². The first-order valence-corrected chi connectivity index (χ1v) is 8.92. The molecule has 1 aliphatic heterocycles. The molecule has 1 aromatic rings. The number of methoxy groups -OCH3 is 2. The molecule has 1 aliphatic rings. The molecule has 1 fully saturated rings. The zero-order valence-electron chi connectivity index (χ0n) is 15.4. The fraction of sp³-hybridized carbons (Fsp3) is 0.632. The zero-order valence-corrected chi connectivity index (χ0v) is 15.4. The standard InChI is InChI=1S/C19H30N2O4/c1-13(14-5-4-8-20-11-14)9-19(23)21-12-17(22)16-10-15(24-2)6-7-18(16)25-3/h6-7,10,13-14,17,20,22H,4-5,8-9,11-12H2,1-3H3,(H,21,23). The molecule has 3 unspecified atom stereocenters. The summed E-state index contributed by atoms with van der Waals surface area (Å²) in [5.41, 5.74) is 0.603. The van der Waals surface area contributed by atoms with Gasteiger partial charge < -0.3 is 25.2 Å². The Hall–Kier alpha value is -1.79. The van der Waals surface area contributed by atoms with Crippen molar-refractivity contribution in [1.82, 2.24) is 10.6 Å². The summed E-state index contributed by atoms with van der Waals surface area (Å²) in [6.07, 6.45) is 1.98. The second-order valence-corrected chi connectivity index (χ2v) is 6.72. The average molecular weight is 350 g/mol. The molecule has 25 heavy (non-hydrogen) atoms. The molecule has 0 aromatic heterocycles. The monoisotopic (exact) mass is 350 g/mol. The summed E-state index contributed by atoms with van der Waals surface area (Å²) < 4.78 is 10.5. The van der Waals surface area contributed by atoms with Crippen molar-refractivity contribution in [2.24, 2.45) is 11.8 Å². The molecule has 3 atom stereocenters. The smallest absolute Gasteiger partial charge is 0.220 e. The first-order chi connectivity index (χ1) is 12.0. The maximum absolute atomic E-state index is 12.2. The van der Waals surface area contributed by atoms with Crippen molar-refractivity contribution in [3.8, 4) is 11.5 Å². The molecule has 0 saturated carbocycles. The normalized spacial score (nSPS) is 19.8. The van der Waals surface area contributed by atoms with Crippen LogP contribution in [0.1, 0.15) is 37.9 Å². The fourth-order valence-corrected chi connectivity index (χ4v) is 3.32. The Morgan fingerprint density at radius 2 is 2.20 bits per heavy atom. The lowest BCUT2D eigenvalue weighted by atomic mass is 9.85. The molecule has 1 amide bonds. The summed E-state index contributed by atoms with van der Waals surface area (Å²) in [6.45, 7) is 4.33. The van der Waals surface area contributed by atoms with Gasteiger partial charge in [0.25, 0.3) is 0 Å². The van der Waals surface area contributed by atoms with E-state index in [1.165, 1.54) is 12.8 Å². The van der Waals surface area contributed by atoms with E-state index < -0.39 is 6.10 Å². The third-order valence-electron chi connectivity index (χ3n) is 4.94. The maximum atomic E-state index is 12.2. The minimum absolute atomic E-state index is 0.0287. The van der Waals surface area contributed by atoms with Crippen molar-refractivity contribution in [3.63, 3.8) is 0 Å². The molecule has 1 saturated heterocycles. The van der Waals surface area contributed by atoms with Crippen LogP contribution < -0.4 is 20.1 Å². The number of hydrogen-bond donors (Lipinski definition) is 3. The number of carbonyl (C=O) groups excluding carboxylic acids is 1. The third-order valence-corrected chi connectivity index (χ3v) is 4.94. The van der Waals surface area contributed by atoms with Crippen molar-refractivity contribution in [1.29, 1.82) is 0 Å². The van der Waals surface area contributed by atoms with Crippen molar-refractivity contribution in [2.45, 2.75) is 32.3 Å². The van der Waals surface area contributed by atoms with Crippen molar-refractivity contribution < 1.29 is 19.4 Å². The van der Waals surface area contributed by atoms with Crippen LogP contribution in [0.25, 0.3) is 0 Å². The first kappa shape index (κ1) is 19.5. The van der Waals surface area contributed by atoms with Crippen LogP contribution in [-0.2, 0) is 4.79 Å². The van der Waals surface area contributed by atoms with Gasteiger partial charge in [0, 0.05) is 18.5 Å². The molecule has 3 N–H and O–H groups in total. The number of aliphatic hydroxyl groups is 1. The summed E-state index contributed by atoms with van der Waals surface area (Å²) in [6, 6.07) is 5.25. The molecule has 6 heteroatoms. The Kier molecular flexibility index (Phi) is 7.52. The van der Waals surface area contributed by atoms with Crippen LogP contribution in [0.15, 0.2) is 18.2 Å². The van der Waals surface area contributed by atoms with Crippen LogP contribution in [0.5, 0.6) is 11.5 Å². The van der Waals surface area contributed by atoms with Gasteiger partial charge in [-0.3, -0.25) is 4.79 Å². The van der Waals surface area contributed by atoms with E-state index in [9.17, 15) is 9.90 Å². The number of ether oxygens (including phenoxy) is 2. The Labute approximate surface area is 149 Å². The van der Waals surface area contributed by atoms with Gasteiger partial charge in [0.1, 0.15) is 11.5 Å². The summed E-state index contributed by atoms with van der Waals surface area (Å²) in [5, 5.41) is 16.6. The van der Waals surface area contributed by atoms with Gasteiger partial charge in [-0.25, -0.2) is 0 Å². The molecule has 0 aliphatic carbocycles. The first-order valence-electron chi connectivity index (χ1n) is 8.92. The van der Waals surface area contributed by atoms with Crippen LogP contribution in [0.2, 0.25) is 0 Å². The maximum Gasteiger partial charge on any atom is 0.220 e. The summed E-state index contributed by atoms with van der Waals surface area (Å²) in [4.78, 5) is 12.2. The molecular formula is C19H30N2O4. The van der Waals surface area contributed by atoms with Crippen LogP contribution in [0, 0.1) is 11.8 Å². The van der Waals surface area contributed by atoms with Crippen molar-refractivity contribution in [2.75, 3.05) is 33.9 Å². The molecule has 6 nitrogen and oxygen atoms in total. The molecule has 0 spiro atoms. The number of amides is 1. The Morgan fingerprint density at radius 1 is 1.40 bits per heavy atom. The predicted octanol–water partition coefficient (Wildman–Crippen LogP) is 1.88. The highest BCUT2D eigenvalue weighted by atomic mass is 16.5. The van der Waals surface area contributed by atoms with Gasteiger partial charge >= 0.3 is 0 Å². The number of benzene rings is 1. The molecule has 0 bridgehead atoms. The van der Waals surface area contributed by atoms with Gasteiger partial charge in [0.05, 0.1) is 20.3 Å². The van der Waals surface area contributed by atoms with Gasteiger partial charge in [0.2, 0.25) is 5.91 Å². The lowest BCUT2D eigenvalue weighted by Crippen LogP contribution is -2.36. The van der Waals surface area contributed by atoms with Crippen LogP contribution in [0.4, 0.5) is 0 Å². The van der Waals surface area contributed by atoms with Crippen LogP contribution in [0.3, 0.4) is 0 Å². The van der Waals surface area contributed by atoms with E-state index in [4.69, 9.17) is 9.47 Å². The second kappa shape index (κ2) is 9.63. The minimum atomic E-state index is -0.847. The lowest BCUT2D eigenvalue weighted by molar-refractivity contribution is -0.122. The SMILES string of the molecule is COc1ccc(OC)c(C(O)CNC(=O)CC(C)C2CCCNC2)c1. The molecule has 1 aromatic carbocycles. The molecule has 2 rings (SSSR count). The summed E-state index contributed by atoms with van der Waals surface area (Å²) >= 11 is 0. The summed E-state index contributed by atoms with van der Waals surface area (Å²) in [7, 11) is 3.12. The van der Waals surface area contributed by atoms with E-state index in [1.54, 1.807) is 32.4 Å². The average Bonchev–Trinajstić information content (AvgIpc) is 2.66. The van der Waals surface area contributed by atoms with E-state index >= 15 is 0 Å². The van der Waals surface area contributed by atoms with Crippen molar-refractivity contribution >= 4 is 5.91 Å². The molecule has 1 heterocycles. The van der Waals surface area contributed by atoms with E-state index in [0.29, 0.717) is 35.3 Å². The molecule has 140 valence electrons. The highest BCUT2D eigenvalue weighted by molar-refractivity contribution is 5.76. The molecular weight excluding hydrogens is 320 g/mol. The Balaban J connectivity index is 1.86. The molecule has 0 radical (unpaired) electrons. The van der Waals surface area contributed by atoms with Crippen LogP contribution in [-0.4, -0.2) is 44.9 Å². The van der Waals surface area contributed by atoms with E-state index in [-0.39, 0.29) is 12.5 Å². The van der Waals surface area contributed by atoms with Crippen LogP contribution >= 0.6 is 0 Å². The highest BCUT2D eigenvalue weighted by Crippen LogP contribution is 2.29. The van der Waals surface area contributed by atoms with E-state index in [2.05, 4.69) is 17.6 Å². The number of piperidine rings is 1. The number of carbonyl (C=O) groups is 1. The fourth-order valence-electron chi connectivity index (χ4n) is 3.32. The van der Waals surface area contributed by atoms with Crippen molar-refractivity contribution in [3.05, 3.63) is 23.8 Å². The number of aliphatic hydroxyl groups excluding tert-OH is 1. The second-order valence-electron chi connectivity index (χ2n) is 6.72. The Morgan fingerprint density at radius 3 is 2.84 bits per heavy atom. The van der Waals surface area contributed by atoms with Gasteiger partial charge in [-0.1, -0.05) is 6.92 Å². The third kappa shape index (κ3) is 5.61. The minimum Gasteiger partial charge on any atom is -0.497 e. The number of nitrogens with one attached hydrogen (secondary N) is 2. The van der Waals surface area contributed by atoms with Gasteiger partial charge in [-0.2, -0.15) is 0 Å². The number of hydrogen-bond acceptors (Lipinski definition) is 5. The summed E-state index contributed by atoms with van der Waals surface area (Å²) in [5.74, 6) is 2.06. The van der Waals surface area contributed by atoms with Gasteiger partial charge in [0.15, 0.2) is 0 Å². The van der Waals surface area contributed by atoms with Gasteiger partial charge in [-0.05, 0) is 56.0 Å². The van der Waals surface area contributed by atoms with E-state index in [1.807, 2.05) is 0 Å². The lowest BCUT2D eigenvalue weighted by Gasteiger charge is -2.28. The quantitative estimate of drug-likeness (QED) is 0.667. The van der Waals surface area contributed by atoms with Gasteiger partial charge in [-0.15, -0.1) is 0 Å². The Bertz CT molecular complexity index is 558. The zero-order chi connectivity index (χ0) is 18.2.